The van der Waals surface area contributed by atoms with Crippen LogP contribution in [0, 0.1) is 11.6 Å². The van der Waals surface area contributed by atoms with Gasteiger partial charge in [-0.3, -0.25) is 4.79 Å². The van der Waals surface area contributed by atoms with Gasteiger partial charge in [-0.05, 0) is 17.7 Å². The summed E-state index contributed by atoms with van der Waals surface area (Å²) in [6.45, 7) is 1.58. The molecule has 1 amide bonds. The molecule has 4 heteroatoms. The summed E-state index contributed by atoms with van der Waals surface area (Å²) in [6, 6.07) is 3.52. The van der Waals surface area contributed by atoms with Crippen LogP contribution in [0.25, 0.3) is 0 Å². The molecular weight excluding hydrogens is 176 g/mol. The third-order valence-corrected chi connectivity index (χ3v) is 1.53. The first kappa shape index (κ1) is 9.64. The number of amides is 1. The molecule has 1 rings (SSSR count). The highest BCUT2D eigenvalue weighted by molar-refractivity contribution is 5.72. The van der Waals surface area contributed by atoms with Crippen LogP contribution >= 0.6 is 0 Å². The predicted molar refractivity (Wildman–Crippen MR) is 43.9 cm³/mol. The van der Waals surface area contributed by atoms with E-state index in [9.17, 15) is 13.6 Å². The van der Waals surface area contributed by atoms with E-state index in [0.717, 1.165) is 12.1 Å². The van der Waals surface area contributed by atoms with Crippen LogP contribution in [0.5, 0.6) is 0 Å². The topological polar surface area (TPSA) is 29.1 Å². The van der Waals surface area contributed by atoms with Crippen molar-refractivity contribution in [3.63, 3.8) is 0 Å². The summed E-state index contributed by atoms with van der Waals surface area (Å²) in [7, 11) is 0. The van der Waals surface area contributed by atoms with E-state index in [1.807, 2.05) is 0 Å². The van der Waals surface area contributed by atoms with Crippen molar-refractivity contribution < 1.29 is 13.6 Å². The van der Waals surface area contributed by atoms with Crippen molar-refractivity contribution in [1.29, 1.82) is 0 Å². The Morgan fingerprint density at radius 2 is 2.08 bits per heavy atom. The molecule has 0 saturated carbocycles. The van der Waals surface area contributed by atoms with E-state index in [4.69, 9.17) is 0 Å². The van der Waals surface area contributed by atoms with E-state index in [1.54, 1.807) is 0 Å². The molecule has 0 aliphatic heterocycles. The van der Waals surface area contributed by atoms with E-state index in [2.05, 4.69) is 5.32 Å². The molecule has 70 valence electrons. The van der Waals surface area contributed by atoms with E-state index < -0.39 is 11.6 Å². The molecule has 0 aliphatic carbocycles. The molecule has 2 nitrogen and oxygen atoms in total. The van der Waals surface area contributed by atoms with Gasteiger partial charge in [0.2, 0.25) is 5.91 Å². The number of rotatable bonds is 2. The Bertz CT molecular complexity index is 325. The zero-order valence-corrected chi connectivity index (χ0v) is 7.10. The van der Waals surface area contributed by atoms with Gasteiger partial charge in [0.25, 0.3) is 0 Å². The highest BCUT2D eigenvalue weighted by Gasteiger charge is 2.02. The summed E-state index contributed by atoms with van der Waals surface area (Å²) in [5.74, 6) is -1.99. The highest BCUT2D eigenvalue weighted by atomic mass is 19.2. The Hall–Kier alpha value is -1.45. The average Bonchev–Trinajstić information content (AvgIpc) is 2.07. The molecule has 0 heterocycles. The monoisotopic (exact) mass is 185 g/mol. The number of hydrogen-bond acceptors (Lipinski definition) is 1. The van der Waals surface area contributed by atoms with Gasteiger partial charge in [-0.2, -0.15) is 0 Å². The molecule has 0 unspecified atom stereocenters. The van der Waals surface area contributed by atoms with Gasteiger partial charge in [-0.1, -0.05) is 6.07 Å². The number of carbonyl (C=O) groups is 1. The maximum absolute atomic E-state index is 12.6. The first-order valence-electron chi connectivity index (χ1n) is 3.78. The number of carbonyl (C=O) groups excluding carboxylic acids is 1. The number of nitrogens with one attached hydrogen (secondary N) is 1. The first-order chi connectivity index (χ1) is 6.09. The lowest BCUT2D eigenvalue weighted by Gasteiger charge is -2.02. The van der Waals surface area contributed by atoms with Gasteiger partial charge in [0.05, 0.1) is 0 Å². The van der Waals surface area contributed by atoms with E-state index in [1.165, 1.54) is 13.0 Å². The van der Waals surface area contributed by atoms with Crippen LogP contribution < -0.4 is 5.32 Å². The quantitative estimate of drug-likeness (QED) is 0.745. The third kappa shape index (κ3) is 2.82. The Morgan fingerprint density at radius 1 is 1.38 bits per heavy atom. The Balaban J connectivity index is 2.68. The standard InChI is InChI=1S/C9H9F2NO/c1-6(13)12-5-7-2-3-8(10)9(11)4-7/h2-4H,5H2,1H3,(H,12,13). The molecule has 0 radical (unpaired) electrons. The summed E-state index contributed by atoms with van der Waals surface area (Å²) in [5, 5.41) is 2.48. The van der Waals surface area contributed by atoms with Crippen molar-refractivity contribution in [3.8, 4) is 0 Å². The normalized spacial score (nSPS) is 9.77. The molecule has 0 aliphatic rings. The third-order valence-electron chi connectivity index (χ3n) is 1.53. The smallest absolute Gasteiger partial charge is 0.217 e. The number of hydrogen-bond donors (Lipinski definition) is 1. The summed E-state index contributed by atoms with van der Waals surface area (Å²) >= 11 is 0. The SMILES string of the molecule is CC(=O)NCc1ccc(F)c(F)c1. The lowest BCUT2D eigenvalue weighted by atomic mass is 10.2. The molecule has 0 aromatic heterocycles. The van der Waals surface area contributed by atoms with Crippen molar-refractivity contribution in [2.75, 3.05) is 0 Å². The fraction of sp³-hybridized carbons (Fsp3) is 0.222. The maximum atomic E-state index is 12.6. The van der Waals surface area contributed by atoms with Crippen LogP contribution in [0.4, 0.5) is 8.78 Å². The lowest BCUT2D eigenvalue weighted by Crippen LogP contribution is -2.18. The van der Waals surface area contributed by atoms with Crippen LogP contribution in [0.2, 0.25) is 0 Å². The molecule has 0 bridgehead atoms. The van der Waals surface area contributed by atoms with Crippen molar-refractivity contribution in [2.45, 2.75) is 13.5 Å². The zero-order chi connectivity index (χ0) is 9.84. The fourth-order valence-electron chi connectivity index (χ4n) is 0.876. The predicted octanol–water partition coefficient (Wildman–Crippen LogP) is 1.60. The van der Waals surface area contributed by atoms with Gasteiger partial charge in [0.15, 0.2) is 11.6 Å². The van der Waals surface area contributed by atoms with Gasteiger partial charge in [0, 0.05) is 13.5 Å². The zero-order valence-electron chi connectivity index (χ0n) is 7.10. The van der Waals surface area contributed by atoms with Crippen LogP contribution in [0.1, 0.15) is 12.5 Å². The maximum Gasteiger partial charge on any atom is 0.217 e. The summed E-state index contributed by atoms with van der Waals surface area (Å²) in [5.41, 5.74) is 0.536. The summed E-state index contributed by atoms with van der Waals surface area (Å²) in [4.78, 5) is 10.5. The van der Waals surface area contributed by atoms with Crippen molar-refractivity contribution >= 4 is 5.91 Å². The minimum Gasteiger partial charge on any atom is -0.352 e. The van der Waals surface area contributed by atoms with Gasteiger partial charge in [0.1, 0.15) is 0 Å². The molecule has 0 spiro atoms. The van der Waals surface area contributed by atoms with Gasteiger partial charge < -0.3 is 5.32 Å². The second kappa shape index (κ2) is 3.98. The van der Waals surface area contributed by atoms with Crippen LogP contribution in [0.3, 0.4) is 0 Å². The van der Waals surface area contributed by atoms with Crippen LogP contribution in [0.15, 0.2) is 18.2 Å². The van der Waals surface area contributed by atoms with Crippen molar-refractivity contribution in [3.05, 3.63) is 35.4 Å². The van der Waals surface area contributed by atoms with E-state index in [0.29, 0.717) is 5.56 Å². The second-order valence-electron chi connectivity index (χ2n) is 2.66. The molecule has 1 aromatic carbocycles. The molecule has 13 heavy (non-hydrogen) atoms. The summed E-state index contributed by atoms with van der Waals surface area (Å²) in [6.07, 6.45) is 0. The minimum absolute atomic E-state index is 0.204. The Kier molecular flexibility index (Phi) is 2.95. The van der Waals surface area contributed by atoms with Crippen molar-refractivity contribution in [1.82, 2.24) is 5.32 Å². The molecule has 0 saturated heterocycles. The Morgan fingerprint density at radius 3 is 2.62 bits per heavy atom. The second-order valence-corrected chi connectivity index (χ2v) is 2.66. The lowest BCUT2D eigenvalue weighted by molar-refractivity contribution is -0.119. The Labute approximate surface area is 74.6 Å². The van der Waals surface area contributed by atoms with Crippen LogP contribution in [-0.4, -0.2) is 5.91 Å². The highest BCUT2D eigenvalue weighted by Crippen LogP contribution is 2.07. The summed E-state index contributed by atoms with van der Waals surface area (Å²) < 4.78 is 25.1. The molecule has 0 fully saturated rings. The molecule has 1 aromatic rings. The molecule has 0 atom stereocenters. The first-order valence-corrected chi connectivity index (χ1v) is 3.78. The van der Waals surface area contributed by atoms with E-state index >= 15 is 0 Å². The molecule has 1 N–H and O–H groups in total. The fourth-order valence-corrected chi connectivity index (χ4v) is 0.876. The molecular formula is C9H9F2NO. The van der Waals surface area contributed by atoms with Gasteiger partial charge in [-0.25, -0.2) is 8.78 Å². The number of halogens is 2. The van der Waals surface area contributed by atoms with E-state index in [-0.39, 0.29) is 12.5 Å². The average molecular weight is 185 g/mol. The number of benzene rings is 1. The van der Waals surface area contributed by atoms with Gasteiger partial charge >= 0.3 is 0 Å². The van der Waals surface area contributed by atoms with Crippen LogP contribution in [-0.2, 0) is 11.3 Å². The van der Waals surface area contributed by atoms with Gasteiger partial charge in [-0.15, -0.1) is 0 Å². The van der Waals surface area contributed by atoms with Crippen molar-refractivity contribution in [2.24, 2.45) is 0 Å². The largest absolute Gasteiger partial charge is 0.352 e. The minimum atomic E-state index is -0.900.